The predicted molar refractivity (Wildman–Crippen MR) is 108 cm³/mol. The van der Waals surface area contributed by atoms with Crippen LogP contribution in [0.2, 0.25) is 0 Å². The molecule has 7 heteroatoms. The van der Waals surface area contributed by atoms with Crippen LogP contribution in [0.15, 0.2) is 48.5 Å². The summed E-state index contributed by atoms with van der Waals surface area (Å²) in [6.45, 7) is 4.59. The minimum Gasteiger partial charge on any atom is -0.521 e. The van der Waals surface area contributed by atoms with E-state index >= 15 is 0 Å². The SMILES string of the molecule is CC(=O)[C@H](Cc1ccc(-c2ccc(C(=O)N3CCNCC3)cc2)cc1)N[C-]=O.[Fm]. The van der Waals surface area contributed by atoms with Gasteiger partial charge in [-0.2, -0.15) is 6.41 Å². The van der Waals surface area contributed by atoms with Gasteiger partial charge >= 0.3 is 0 Å². The van der Waals surface area contributed by atoms with E-state index in [0.717, 1.165) is 42.9 Å². The van der Waals surface area contributed by atoms with Crippen molar-refractivity contribution in [3.05, 3.63) is 59.7 Å². The van der Waals surface area contributed by atoms with E-state index < -0.39 is 6.04 Å². The first-order valence-corrected chi connectivity index (χ1v) is 9.41. The van der Waals surface area contributed by atoms with Crippen molar-refractivity contribution in [2.45, 2.75) is 19.4 Å². The van der Waals surface area contributed by atoms with Crippen LogP contribution in [0, 0.1) is 0 Å². The number of benzene rings is 2. The fourth-order valence-corrected chi connectivity index (χ4v) is 3.29. The largest absolute Gasteiger partial charge is 0.521 e. The number of nitrogens with zero attached hydrogens (tertiary/aromatic N) is 1. The molecule has 0 aromatic heterocycles. The third-order valence-electron chi connectivity index (χ3n) is 4.99. The Kier molecular flexibility index (Phi) is 7.20. The van der Waals surface area contributed by atoms with E-state index in [4.69, 9.17) is 0 Å². The summed E-state index contributed by atoms with van der Waals surface area (Å²) in [7, 11) is 0. The van der Waals surface area contributed by atoms with Crippen molar-refractivity contribution in [3.8, 4) is 11.1 Å². The summed E-state index contributed by atoms with van der Waals surface area (Å²) < 4.78 is 0. The number of carbonyl (C=O) groups excluding carboxylic acids is 3. The zero-order valence-electron chi connectivity index (χ0n) is 16.2. The summed E-state index contributed by atoms with van der Waals surface area (Å²) in [5.41, 5.74) is 3.70. The van der Waals surface area contributed by atoms with E-state index in [1.165, 1.54) is 6.92 Å². The van der Waals surface area contributed by atoms with Crippen LogP contribution >= 0.6 is 0 Å². The van der Waals surface area contributed by atoms with E-state index in [9.17, 15) is 14.4 Å². The minimum atomic E-state index is -0.557. The normalized spacial score (nSPS) is 14.4. The third kappa shape index (κ3) is 5.26. The minimum absolute atomic E-state index is 0. The van der Waals surface area contributed by atoms with Gasteiger partial charge in [-0.25, -0.2) is 0 Å². The topological polar surface area (TPSA) is 78.5 Å². The first kappa shape index (κ1) is 21.3. The van der Waals surface area contributed by atoms with Gasteiger partial charge in [-0.15, -0.1) is 0 Å². The van der Waals surface area contributed by atoms with E-state index in [-0.39, 0.29) is 11.7 Å². The monoisotopic (exact) mass is 635 g/mol. The molecule has 0 unspecified atom stereocenters. The van der Waals surface area contributed by atoms with Gasteiger partial charge < -0.3 is 20.3 Å². The molecule has 1 aliphatic rings. The van der Waals surface area contributed by atoms with Gasteiger partial charge in [0.1, 0.15) is 5.78 Å². The van der Waals surface area contributed by atoms with Crippen LogP contribution in [0.5, 0.6) is 0 Å². The Bertz CT molecular complexity index is 831. The summed E-state index contributed by atoms with van der Waals surface area (Å²) >= 11 is 0. The molecule has 158 valence electrons. The Balaban J connectivity index is 0.00000300. The second-order valence-electron chi connectivity index (χ2n) is 6.93. The number of nitrogens with one attached hydrogen (secondary N) is 2. The van der Waals surface area contributed by atoms with E-state index in [1.807, 2.05) is 53.4 Å². The zero-order chi connectivity index (χ0) is 19.9. The summed E-state index contributed by atoms with van der Waals surface area (Å²) in [6.07, 6.45) is 2.02. The molecular formula is C22H24FmN3O3-. The molecule has 2 N–H and O–H groups in total. The summed E-state index contributed by atoms with van der Waals surface area (Å²) in [4.78, 5) is 36.5. The van der Waals surface area contributed by atoms with Crippen molar-refractivity contribution < 1.29 is 14.4 Å². The Hall–Kier alpha value is -3.99. The van der Waals surface area contributed by atoms with Crippen LogP contribution < -0.4 is 10.6 Å². The number of carbonyl (C=O) groups is 2. The van der Waals surface area contributed by atoms with Gasteiger partial charge in [0, 0.05) is 31.7 Å². The van der Waals surface area contributed by atoms with Crippen molar-refractivity contribution in [2.75, 3.05) is 26.2 Å². The van der Waals surface area contributed by atoms with Crippen LogP contribution in [0.4, 0.5) is 0 Å². The van der Waals surface area contributed by atoms with Crippen LogP contribution in [0.1, 0.15) is 22.8 Å². The summed E-state index contributed by atoms with van der Waals surface area (Å²) in [5.74, 6) is -0.0321. The molecular weight excluding hydrogens is 611 g/mol. The number of rotatable bonds is 7. The molecule has 1 saturated heterocycles. The fraction of sp³-hybridized carbons (Fsp3) is 0.318. The molecule has 0 bridgehead atoms. The average Bonchev–Trinajstić information content (AvgIpc) is 2.74. The van der Waals surface area contributed by atoms with Crippen molar-refractivity contribution in [2.24, 2.45) is 0 Å². The standard InChI is InChI=1S/C22H24N3O3.Fm/c1-16(27)21(24-15-26)14-17-2-4-18(5-3-17)19-6-8-20(9-7-19)22(28)25-12-10-23-11-13-25;/h2-9,21,23H,10-14H2,1H3,(H,24,26);/q-1;/t21-;/m0./s1. The van der Waals surface area contributed by atoms with Crippen LogP contribution in [-0.2, 0) is 16.0 Å². The molecule has 1 aliphatic heterocycles. The zero-order valence-corrected chi connectivity index (χ0v) is 18.6. The van der Waals surface area contributed by atoms with Crippen LogP contribution in [0.3, 0.4) is 0 Å². The van der Waals surface area contributed by atoms with Gasteiger partial charge in [0.25, 0.3) is 5.91 Å². The second-order valence-corrected chi connectivity index (χ2v) is 6.93. The molecule has 0 aliphatic carbocycles. The fourth-order valence-electron chi connectivity index (χ4n) is 3.29. The van der Waals surface area contributed by atoms with Crippen molar-refractivity contribution in [3.63, 3.8) is 0 Å². The maximum absolute atomic E-state index is 12.5. The number of Topliss-reactive ketones (excluding diaryl/α,β-unsaturated/α-hetero) is 1. The molecule has 0 saturated carbocycles. The maximum Gasteiger partial charge on any atom is 0.253 e. The quantitative estimate of drug-likeness (QED) is 0.358. The van der Waals surface area contributed by atoms with E-state index in [1.54, 1.807) is 6.41 Å². The van der Waals surface area contributed by atoms with Gasteiger partial charge in [-0.1, -0.05) is 36.4 Å². The first-order valence-electron chi connectivity index (χ1n) is 9.41. The molecule has 1 atom stereocenters. The number of piperazine rings is 1. The smallest absolute Gasteiger partial charge is 0.253 e. The molecule has 29 heavy (non-hydrogen) atoms. The van der Waals surface area contributed by atoms with Gasteiger partial charge in [-0.05, 0) is 42.2 Å². The van der Waals surface area contributed by atoms with Gasteiger partial charge in [0.05, 0.1) is 6.04 Å². The Morgan fingerprint density at radius 1 is 1.03 bits per heavy atom. The molecule has 6 nitrogen and oxygen atoms in total. The van der Waals surface area contributed by atoms with Crippen molar-refractivity contribution >= 4 is 18.1 Å². The third-order valence-corrected chi connectivity index (χ3v) is 4.99. The molecule has 0 radical (unpaired) electrons. The van der Waals surface area contributed by atoms with Crippen molar-refractivity contribution in [1.82, 2.24) is 15.5 Å². The predicted octanol–water partition coefficient (Wildman–Crippen LogP) is 1.56. The number of hydrogen-bond acceptors (Lipinski definition) is 4. The molecule has 1 fully saturated rings. The maximum atomic E-state index is 12.5. The molecule has 2 amide bonds. The number of ketones is 1. The summed E-state index contributed by atoms with van der Waals surface area (Å²) in [6, 6.07) is 14.9. The van der Waals surface area contributed by atoms with E-state index in [0.29, 0.717) is 12.0 Å². The van der Waals surface area contributed by atoms with Crippen molar-refractivity contribution in [1.29, 1.82) is 0 Å². The Labute approximate surface area is 164 Å². The number of hydrogen-bond donors (Lipinski definition) is 2. The van der Waals surface area contributed by atoms with Crippen LogP contribution in [-0.4, -0.2) is 55.2 Å². The molecule has 1 heterocycles. The molecule has 2 aromatic carbocycles. The van der Waals surface area contributed by atoms with Crippen LogP contribution in [0.25, 0.3) is 11.1 Å². The Morgan fingerprint density at radius 2 is 1.59 bits per heavy atom. The Morgan fingerprint density at radius 3 is 2.10 bits per heavy atom. The number of amides is 2. The van der Waals surface area contributed by atoms with Gasteiger partial charge in [-0.3, -0.25) is 9.59 Å². The average molecular weight is 635 g/mol. The van der Waals surface area contributed by atoms with E-state index in [2.05, 4.69) is 10.6 Å². The second kappa shape index (κ2) is 9.80. The first-order chi connectivity index (χ1) is 13.6. The molecule has 0 spiro atoms. The van der Waals surface area contributed by atoms with Gasteiger partial charge in [0.15, 0.2) is 0 Å². The summed E-state index contributed by atoms with van der Waals surface area (Å²) in [5, 5.41) is 5.67. The molecule has 3 rings (SSSR count). The molecule has 2 aromatic rings. The van der Waals surface area contributed by atoms with Gasteiger partial charge in [0.2, 0.25) is 0 Å².